The summed E-state index contributed by atoms with van der Waals surface area (Å²) in [5.41, 5.74) is 0. The quantitative estimate of drug-likeness (QED) is 0.531. The van der Waals surface area contributed by atoms with Crippen LogP contribution in [0.25, 0.3) is 0 Å². The van der Waals surface area contributed by atoms with Crippen molar-refractivity contribution < 1.29 is 0 Å². The predicted octanol–water partition coefficient (Wildman–Crippen LogP) is 2.81. The molecule has 0 aromatic heterocycles. The van der Waals surface area contributed by atoms with Gasteiger partial charge in [-0.2, -0.15) is 11.8 Å². The molecule has 130 valence electrons. The number of rotatable bonds is 8. The summed E-state index contributed by atoms with van der Waals surface area (Å²) in [4.78, 5) is 7.28. The molecule has 1 rings (SSSR count). The lowest BCUT2D eigenvalue weighted by molar-refractivity contribution is 0.187. The normalized spacial score (nSPS) is 18.5. The van der Waals surface area contributed by atoms with Crippen molar-refractivity contribution >= 4 is 17.7 Å². The number of piperidine rings is 1. The van der Waals surface area contributed by atoms with E-state index in [9.17, 15) is 0 Å². The summed E-state index contributed by atoms with van der Waals surface area (Å²) in [5, 5.41) is 6.86. The first-order chi connectivity index (χ1) is 10.5. The third-order valence-corrected chi connectivity index (χ3v) is 5.75. The second kappa shape index (κ2) is 10.4. The summed E-state index contributed by atoms with van der Waals surface area (Å²) >= 11 is 1.87. The molecule has 1 fully saturated rings. The maximum absolute atomic E-state index is 4.73. The lowest BCUT2D eigenvalue weighted by atomic mass is 9.93. The average molecular weight is 329 g/mol. The van der Waals surface area contributed by atoms with Crippen molar-refractivity contribution in [2.45, 2.75) is 51.7 Å². The van der Waals surface area contributed by atoms with Crippen LogP contribution in [0.2, 0.25) is 0 Å². The molecule has 0 aromatic rings. The van der Waals surface area contributed by atoms with Crippen molar-refractivity contribution in [3.63, 3.8) is 0 Å². The molecule has 1 heterocycles. The summed E-state index contributed by atoms with van der Waals surface area (Å²) < 4.78 is 0.204. The summed E-state index contributed by atoms with van der Waals surface area (Å²) in [6.45, 7) is 15.4. The Balaban J connectivity index is 2.31. The van der Waals surface area contributed by atoms with Crippen molar-refractivity contribution in [2.75, 3.05) is 45.5 Å². The van der Waals surface area contributed by atoms with Gasteiger partial charge in [-0.3, -0.25) is 4.99 Å². The molecular formula is C17H36N4S. The SMILES string of the molecule is CCNC(=NCC(C)(C)SC)NCCC1CCN(CC)CC1. The Morgan fingerprint density at radius 3 is 2.45 bits per heavy atom. The van der Waals surface area contributed by atoms with Crippen LogP contribution in [0.15, 0.2) is 4.99 Å². The molecule has 0 aliphatic carbocycles. The van der Waals surface area contributed by atoms with Gasteiger partial charge in [0.1, 0.15) is 0 Å². The minimum absolute atomic E-state index is 0.204. The number of hydrogen-bond acceptors (Lipinski definition) is 3. The Bertz CT molecular complexity index is 323. The minimum Gasteiger partial charge on any atom is -0.357 e. The van der Waals surface area contributed by atoms with Crippen molar-refractivity contribution in [1.29, 1.82) is 0 Å². The van der Waals surface area contributed by atoms with Crippen LogP contribution in [0.1, 0.15) is 47.0 Å². The molecule has 0 spiro atoms. The smallest absolute Gasteiger partial charge is 0.191 e. The number of nitrogens with zero attached hydrogens (tertiary/aromatic N) is 2. The van der Waals surface area contributed by atoms with E-state index in [-0.39, 0.29) is 4.75 Å². The van der Waals surface area contributed by atoms with Gasteiger partial charge in [-0.25, -0.2) is 0 Å². The highest BCUT2D eigenvalue weighted by Crippen LogP contribution is 2.21. The van der Waals surface area contributed by atoms with Crippen molar-refractivity contribution in [1.82, 2.24) is 15.5 Å². The fourth-order valence-electron chi connectivity index (χ4n) is 2.66. The monoisotopic (exact) mass is 328 g/mol. The van der Waals surface area contributed by atoms with Crippen LogP contribution in [0.4, 0.5) is 0 Å². The van der Waals surface area contributed by atoms with Crippen LogP contribution in [0, 0.1) is 5.92 Å². The molecule has 1 aliphatic heterocycles. The molecule has 0 saturated carbocycles. The lowest BCUT2D eigenvalue weighted by Gasteiger charge is -2.31. The van der Waals surface area contributed by atoms with Crippen molar-refractivity contribution in [3.05, 3.63) is 0 Å². The van der Waals surface area contributed by atoms with E-state index in [1.165, 1.54) is 38.9 Å². The molecule has 1 saturated heterocycles. The van der Waals surface area contributed by atoms with Gasteiger partial charge in [0.2, 0.25) is 0 Å². The highest BCUT2D eigenvalue weighted by molar-refractivity contribution is 7.99. The highest BCUT2D eigenvalue weighted by Gasteiger charge is 2.18. The molecule has 0 aromatic carbocycles. The van der Waals surface area contributed by atoms with E-state index in [2.05, 4.69) is 49.5 Å². The maximum Gasteiger partial charge on any atom is 0.191 e. The molecule has 1 aliphatic rings. The van der Waals surface area contributed by atoms with Crippen LogP contribution in [-0.4, -0.2) is 61.1 Å². The van der Waals surface area contributed by atoms with Gasteiger partial charge in [0.05, 0.1) is 6.54 Å². The van der Waals surface area contributed by atoms with Crippen LogP contribution in [0.3, 0.4) is 0 Å². The number of thioether (sulfide) groups is 1. The largest absolute Gasteiger partial charge is 0.357 e. The van der Waals surface area contributed by atoms with E-state index in [4.69, 9.17) is 4.99 Å². The number of nitrogens with one attached hydrogen (secondary N) is 2. The second-order valence-corrected chi connectivity index (χ2v) is 8.27. The van der Waals surface area contributed by atoms with Crippen molar-refractivity contribution in [3.8, 4) is 0 Å². The summed E-state index contributed by atoms with van der Waals surface area (Å²) in [6, 6.07) is 0. The van der Waals surface area contributed by atoms with Crippen LogP contribution in [0.5, 0.6) is 0 Å². The van der Waals surface area contributed by atoms with Gasteiger partial charge in [-0.05, 0) is 71.8 Å². The maximum atomic E-state index is 4.73. The number of likely N-dealkylation sites (tertiary alicyclic amines) is 1. The van der Waals surface area contributed by atoms with Gasteiger partial charge < -0.3 is 15.5 Å². The molecule has 0 bridgehead atoms. The summed E-state index contributed by atoms with van der Waals surface area (Å²) in [5.74, 6) is 1.84. The zero-order chi connectivity index (χ0) is 16.4. The van der Waals surface area contributed by atoms with Crippen LogP contribution >= 0.6 is 11.8 Å². The molecule has 0 atom stereocenters. The molecule has 0 amide bonds. The van der Waals surface area contributed by atoms with Crippen molar-refractivity contribution in [2.24, 2.45) is 10.9 Å². The third-order valence-electron chi connectivity index (χ3n) is 4.51. The van der Waals surface area contributed by atoms with Gasteiger partial charge in [0.25, 0.3) is 0 Å². The third kappa shape index (κ3) is 7.73. The van der Waals surface area contributed by atoms with Crippen LogP contribution < -0.4 is 10.6 Å². The summed E-state index contributed by atoms with van der Waals surface area (Å²) in [6.07, 6.45) is 6.11. The number of hydrogen-bond donors (Lipinski definition) is 2. The topological polar surface area (TPSA) is 39.7 Å². The zero-order valence-electron chi connectivity index (χ0n) is 15.2. The van der Waals surface area contributed by atoms with Gasteiger partial charge in [0.15, 0.2) is 5.96 Å². The minimum atomic E-state index is 0.204. The summed E-state index contributed by atoms with van der Waals surface area (Å²) in [7, 11) is 0. The second-order valence-electron chi connectivity index (χ2n) is 6.75. The Morgan fingerprint density at radius 1 is 1.23 bits per heavy atom. The van der Waals surface area contributed by atoms with Gasteiger partial charge >= 0.3 is 0 Å². The first kappa shape index (κ1) is 19.6. The Morgan fingerprint density at radius 2 is 1.91 bits per heavy atom. The highest BCUT2D eigenvalue weighted by atomic mass is 32.2. The fourth-order valence-corrected chi connectivity index (χ4v) is 2.86. The fraction of sp³-hybridized carbons (Fsp3) is 0.941. The standard InChI is InChI=1S/C17H36N4S/c1-6-18-16(20-14-17(3,4)22-5)19-11-8-15-9-12-21(7-2)13-10-15/h15H,6-14H2,1-5H3,(H2,18,19,20). The predicted molar refractivity (Wildman–Crippen MR) is 101 cm³/mol. The Hall–Kier alpha value is -0.420. The molecule has 4 nitrogen and oxygen atoms in total. The lowest BCUT2D eigenvalue weighted by Crippen LogP contribution is -2.40. The van der Waals surface area contributed by atoms with E-state index in [1.54, 1.807) is 0 Å². The van der Waals surface area contributed by atoms with Crippen LogP contribution in [-0.2, 0) is 0 Å². The Labute approximate surface area is 141 Å². The average Bonchev–Trinajstić information content (AvgIpc) is 2.53. The van der Waals surface area contributed by atoms with E-state index < -0.39 is 0 Å². The molecule has 22 heavy (non-hydrogen) atoms. The van der Waals surface area contributed by atoms with Gasteiger partial charge in [-0.1, -0.05) is 6.92 Å². The van der Waals surface area contributed by atoms with E-state index in [0.717, 1.165) is 31.5 Å². The first-order valence-corrected chi connectivity index (χ1v) is 10.0. The molecule has 5 heteroatoms. The first-order valence-electron chi connectivity index (χ1n) is 8.80. The molecule has 2 N–H and O–H groups in total. The van der Waals surface area contributed by atoms with Gasteiger partial charge in [0, 0.05) is 17.8 Å². The van der Waals surface area contributed by atoms with E-state index in [0.29, 0.717) is 0 Å². The van der Waals surface area contributed by atoms with Gasteiger partial charge in [-0.15, -0.1) is 0 Å². The number of aliphatic imine (C=N–C) groups is 1. The Kier molecular flexibility index (Phi) is 9.25. The molecular weight excluding hydrogens is 292 g/mol. The zero-order valence-corrected chi connectivity index (χ0v) is 16.1. The molecule has 0 unspecified atom stereocenters. The molecule has 0 radical (unpaired) electrons. The van der Waals surface area contributed by atoms with E-state index in [1.807, 2.05) is 11.8 Å². The van der Waals surface area contributed by atoms with E-state index >= 15 is 0 Å². The number of guanidine groups is 1.